The minimum Gasteiger partial charge on any atom is -0.489 e. The predicted octanol–water partition coefficient (Wildman–Crippen LogP) is 2.18. The van der Waals surface area contributed by atoms with Gasteiger partial charge in [-0.15, -0.1) is 0 Å². The van der Waals surface area contributed by atoms with Crippen molar-refractivity contribution < 1.29 is 9.22 Å². The van der Waals surface area contributed by atoms with Gasteiger partial charge in [0.25, 0.3) is 5.97 Å². The van der Waals surface area contributed by atoms with Gasteiger partial charge in [-0.05, 0) is 12.5 Å². The van der Waals surface area contributed by atoms with Gasteiger partial charge in [0, 0.05) is 12.1 Å². The van der Waals surface area contributed by atoms with Crippen LogP contribution in [0.5, 0.6) is 0 Å². The molecule has 0 fully saturated rings. The summed E-state index contributed by atoms with van der Waals surface area (Å²) in [6, 6.07) is 7.36. The lowest BCUT2D eigenvalue weighted by molar-refractivity contribution is -0.132. The molecule has 0 spiro atoms. The normalized spacial score (nSPS) is 11.1. The number of benzene rings is 1. The molecular formula is C9H10Cl2O2Si. The van der Waals surface area contributed by atoms with E-state index in [0.717, 1.165) is 10.8 Å². The Morgan fingerprint density at radius 3 is 2.43 bits per heavy atom. The number of hydrogen-bond acceptors (Lipinski definition) is 2. The zero-order valence-electron chi connectivity index (χ0n) is 7.88. The predicted molar refractivity (Wildman–Crippen MR) is 60.0 cm³/mol. The van der Waals surface area contributed by atoms with Crippen LogP contribution in [-0.2, 0) is 9.22 Å². The SMILES string of the molecule is CC(=O)O[Si](Cl)(Cl)c1ccccc1C. The second kappa shape index (κ2) is 4.34. The average molecular weight is 249 g/mol. The highest BCUT2D eigenvalue weighted by molar-refractivity contribution is 7.48. The minimum absolute atomic E-state index is 0.454. The summed E-state index contributed by atoms with van der Waals surface area (Å²) in [7, 11) is 0. The fraction of sp³-hybridized carbons (Fsp3) is 0.222. The molecule has 0 atom stereocenters. The molecule has 1 aromatic rings. The lowest BCUT2D eigenvalue weighted by Gasteiger charge is -2.17. The van der Waals surface area contributed by atoms with Crippen molar-refractivity contribution in [3.63, 3.8) is 0 Å². The van der Waals surface area contributed by atoms with Crippen LogP contribution in [-0.4, -0.2) is 12.9 Å². The lowest BCUT2D eigenvalue weighted by atomic mass is 10.2. The fourth-order valence-corrected chi connectivity index (χ4v) is 4.36. The molecule has 5 heteroatoms. The van der Waals surface area contributed by atoms with Gasteiger partial charge in [-0.1, -0.05) is 46.4 Å². The smallest absolute Gasteiger partial charge is 0.486 e. The summed E-state index contributed by atoms with van der Waals surface area (Å²) < 4.78 is 4.94. The van der Waals surface area contributed by atoms with Crippen LogP contribution in [0.2, 0.25) is 0 Å². The molecule has 0 heterocycles. The van der Waals surface area contributed by atoms with E-state index in [9.17, 15) is 4.79 Å². The molecule has 1 rings (SSSR count). The Morgan fingerprint density at radius 1 is 1.36 bits per heavy atom. The molecule has 0 saturated carbocycles. The molecule has 0 aromatic heterocycles. The van der Waals surface area contributed by atoms with Gasteiger partial charge in [0.1, 0.15) is 0 Å². The summed E-state index contributed by atoms with van der Waals surface area (Å²) >= 11 is 12.0. The quantitative estimate of drug-likeness (QED) is 0.593. The molecule has 0 N–H and O–H groups in total. The molecule has 0 aliphatic heterocycles. The van der Waals surface area contributed by atoms with E-state index in [1.165, 1.54) is 6.92 Å². The van der Waals surface area contributed by atoms with Crippen LogP contribution in [0.3, 0.4) is 0 Å². The van der Waals surface area contributed by atoms with E-state index in [1.807, 2.05) is 25.1 Å². The molecule has 0 bridgehead atoms. The van der Waals surface area contributed by atoms with Gasteiger partial charge in [-0.25, -0.2) is 0 Å². The first kappa shape index (κ1) is 11.6. The molecule has 0 amide bonds. The maximum absolute atomic E-state index is 10.8. The molecule has 2 nitrogen and oxygen atoms in total. The van der Waals surface area contributed by atoms with Crippen LogP contribution in [0.15, 0.2) is 24.3 Å². The van der Waals surface area contributed by atoms with E-state index in [1.54, 1.807) is 6.07 Å². The number of halogens is 2. The monoisotopic (exact) mass is 248 g/mol. The summed E-state index contributed by atoms with van der Waals surface area (Å²) in [6.07, 6.45) is 0. The van der Waals surface area contributed by atoms with Crippen LogP contribution < -0.4 is 5.19 Å². The van der Waals surface area contributed by atoms with E-state index in [0.29, 0.717) is 0 Å². The number of rotatable bonds is 2. The number of carbonyl (C=O) groups excluding carboxylic acids is 1. The fourth-order valence-electron chi connectivity index (χ4n) is 1.13. The Hall–Kier alpha value is -0.513. The van der Waals surface area contributed by atoms with E-state index in [4.69, 9.17) is 26.6 Å². The summed E-state index contributed by atoms with van der Waals surface area (Å²) in [5.74, 6) is -0.454. The molecule has 0 unspecified atom stereocenters. The van der Waals surface area contributed by atoms with Gasteiger partial charge in [-0.3, -0.25) is 4.79 Å². The largest absolute Gasteiger partial charge is 0.489 e. The Bertz CT molecular complexity index is 352. The summed E-state index contributed by atoms with van der Waals surface area (Å²) in [6.45, 7) is 0.0846. The molecule has 1 aromatic carbocycles. The zero-order valence-corrected chi connectivity index (χ0v) is 10.4. The van der Waals surface area contributed by atoms with Crippen molar-refractivity contribution in [2.75, 3.05) is 0 Å². The van der Waals surface area contributed by atoms with Crippen molar-refractivity contribution >= 4 is 40.3 Å². The Kier molecular flexibility index (Phi) is 3.58. The summed E-state index contributed by atoms with van der Waals surface area (Å²) in [5, 5.41) is 0.721. The Labute approximate surface area is 93.3 Å². The first-order chi connectivity index (χ1) is 6.43. The first-order valence-corrected chi connectivity index (χ1v) is 8.00. The number of carbonyl (C=O) groups is 1. The molecule has 76 valence electrons. The van der Waals surface area contributed by atoms with Gasteiger partial charge < -0.3 is 4.43 Å². The van der Waals surface area contributed by atoms with E-state index >= 15 is 0 Å². The summed E-state index contributed by atoms with van der Waals surface area (Å²) in [4.78, 5) is 10.8. The van der Waals surface area contributed by atoms with Crippen molar-refractivity contribution in [2.45, 2.75) is 13.8 Å². The van der Waals surface area contributed by atoms with E-state index < -0.39 is 12.9 Å². The van der Waals surface area contributed by atoms with Crippen molar-refractivity contribution in [3.05, 3.63) is 29.8 Å². The Balaban J connectivity index is 3.03. The molecule has 0 aliphatic rings. The minimum atomic E-state index is -3.09. The van der Waals surface area contributed by atoms with Gasteiger partial charge in [0.05, 0.1) is 0 Å². The van der Waals surface area contributed by atoms with Gasteiger partial charge in [0.15, 0.2) is 0 Å². The maximum Gasteiger partial charge on any atom is 0.486 e. The highest BCUT2D eigenvalue weighted by Crippen LogP contribution is 2.18. The van der Waals surface area contributed by atoms with Gasteiger partial charge >= 0.3 is 6.94 Å². The van der Waals surface area contributed by atoms with Gasteiger partial charge in [-0.2, -0.15) is 0 Å². The van der Waals surface area contributed by atoms with Crippen LogP contribution >= 0.6 is 22.2 Å². The van der Waals surface area contributed by atoms with E-state index in [2.05, 4.69) is 0 Å². The molecule has 0 aliphatic carbocycles. The highest BCUT2D eigenvalue weighted by Gasteiger charge is 2.38. The van der Waals surface area contributed by atoms with Crippen LogP contribution in [0.25, 0.3) is 0 Å². The first-order valence-electron chi connectivity index (χ1n) is 4.07. The van der Waals surface area contributed by atoms with E-state index in [-0.39, 0.29) is 0 Å². The van der Waals surface area contributed by atoms with Crippen molar-refractivity contribution in [1.29, 1.82) is 0 Å². The van der Waals surface area contributed by atoms with Crippen molar-refractivity contribution in [2.24, 2.45) is 0 Å². The average Bonchev–Trinajstić information content (AvgIpc) is 2.02. The zero-order chi connectivity index (χ0) is 10.8. The van der Waals surface area contributed by atoms with Crippen LogP contribution in [0.4, 0.5) is 0 Å². The molecule has 14 heavy (non-hydrogen) atoms. The topological polar surface area (TPSA) is 26.3 Å². The van der Waals surface area contributed by atoms with Crippen LogP contribution in [0, 0.1) is 6.92 Å². The number of hydrogen-bond donors (Lipinski definition) is 0. The third-order valence-electron chi connectivity index (χ3n) is 1.73. The van der Waals surface area contributed by atoms with Crippen LogP contribution in [0.1, 0.15) is 12.5 Å². The second-order valence-corrected chi connectivity index (χ2v) is 8.48. The third kappa shape index (κ3) is 2.74. The molecule has 0 radical (unpaired) electrons. The highest BCUT2D eigenvalue weighted by atomic mass is 35.7. The molecule has 0 saturated heterocycles. The lowest BCUT2D eigenvalue weighted by Crippen LogP contribution is -2.42. The Morgan fingerprint density at radius 2 is 1.93 bits per heavy atom. The maximum atomic E-state index is 10.8. The molecular weight excluding hydrogens is 239 g/mol. The van der Waals surface area contributed by atoms with Gasteiger partial charge in [0.2, 0.25) is 0 Å². The number of aryl methyl sites for hydroxylation is 1. The second-order valence-electron chi connectivity index (χ2n) is 2.93. The van der Waals surface area contributed by atoms with Crippen molar-refractivity contribution in [3.8, 4) is 0 Å². The standard InChI is InChI=1S/C9H10Cl2O2Si/c1-7-5-3-4-6-9(7)14(10,11)13-8(2)12/h3-6H,1-2H3. The summed E-state index contributed by atoms with van der Waals surface area (Å²) in [5.41, 5.74) is 0.936. The van der Waals surface area contributed by atoms with Crippen molar-refractivity contribution in [1.82, 2.24) is 0 Å². The third-order valence-corrected chi connectivity index (χ3v) is 5.15.